The monoisotopic (exact) mass is 223 g/mol. The number of hydrogen-bond acceptors (Lipinski definition) is 2. The SMILES string of the molecule is CC1(C)CCC(=O)CN1C1CCCCCC1. The van der Waals surface area contributed by atoms with Crippen molar-refractivity contribution in [2.45, 2.75) is 76.8 Å². The molecule has 0 radical (unpaired) electrons. The van der Waals surface area contributed by atoms with Gasteiger partial charge in [0.25, 0.3) is 0 Å². The highest BCUT2D eigenvalue weighted by molar-refractivity contribution is 5.81. The van der Waals surface area contributed by atoms with Crippen LogP contribution in [-0.4, -0.2) is 28.8 Å². The van der Waals surface area contributed by atoms with E-state index in [0.29, 0.717) is 18.4 Å². The average molecular weight is 223 g/mol. The Bertz CT molecular complexity index is 251. The van der Waals surface area contributed by atoms with E-state index in [9.17, 15) is 4.79 Å². The molecule has 2 aliphatic rings. The largest absolute Gasteiger partial charge is 0.298 e. The molecule has 0 aromatic carbocycles. The molecule has 1 aliphatic heterocycles. The van der Waals surface area contributed by atoms with E-state index in [-0.39, 0.29) is 5.54 Å². The zero-order chi connectivity index (χ0) is 11.6. The number of nitrogens with zero attached hydrogens (tertiary/aromatic N) is 1. The Morgan fingerprint density at radius 1 is 1.12 bits per heavy atom. The van der Waals surface area contributed by atoms with E-state index in [0.717, 1.165) is 12.8 Å². The van der Waals surface area contributed by atoms with Crippen LogP contribution >= 0.6 is 0 Å². The standard InChI is InChI=1S/C14H25NO/c1-14(2)10-9-13(16)11-15(14)12-7-5-3-4-6-8-12/h12H,3-11H2,1-2H3. The minimum Gasteiger partial charge on any atom is -0.298 e. The van der Waals surface area contributed by atoms with Gasteiger partial charge in [0.2, 0.25) is 0 Å². The molecule has 0 unspecified atom stereocenters. The molecule has 92 valence electrons. The molecular formula is C14H25NO. The first-order valence-corrected chi connectivity index (χ1v) is 6.88. The lowest BCUT2D eigenvalue weighted by Gasteiger charge is -2.46. The molecule has 1 saturated heterocycles. The van der Waals surface area contributed by atoms with E-state index in [1.807, 2.05) is 0 Å². The Labute approximate surface area is 99.4 Å². The summed E-state index contributed by atoms with van der Waals surface area (Å²) in [4.78, 5) is 14.2. The van der Waals surface area contributed by atoms with Gasteiger partial charge < -0.3 is 0 Å². The topological polar surface area (TPSA) is 20.3 Å². The summed E-state index contributed by atoms with van der Waals surface area (Å²) in [5.41, 5.74) is 0.239. The van der Waals surface area contributed by atoms with Crippen molar-refractivity contribution in [2.75, 3.05) is 6.54 Å². The fourth-order valence-electron chi connectivity index (χ4n) is 3.26. The Kier molecular flexibility index (Phi) is 3.68. The summed E-state index contributed by atoms with van der Waals surface area (Å²) in [5.74, 6) is 0.448. The lowest BCUT2D eigenvalue weighted by atomic mass is 9.87. The summed E-state index contributed by atoms with van der Waals surface area (Å²) in [6, 6.07) is 0.668. The normalized spacial score (nSPS) is 29.0. The molecule has 0 bridgehead atoms. The van der Waals surface area contributed by atoms with Crippen LogP contribution in [0.15, 0.2) is 0 Å². The van der Waals surface area contributed by atoms with Crippen molar-refractivity contribution < 1.29 is 4.79 Å². The van der Waals surface area contributed by atoms with Crippen LogP contribution in [0.1, 0.15) is 65.2 Å². The molecule has 0 aromatic heterocycles. The van der Waals surface area contributed by atoms with Crippen LogP contribution in [0.25, 0.3) is 0 Å². The molecule has 2 nitrogen and oxygen atoms in total. The Hall–Kier alpha value is -0.370. The molecular weight excluding hydrogens is 198 g/mol. The minimum absolute atomic E-state index is 0.239. The lowest BCUT2D eigenvalue weighted by Crippen LogP contribution is -2.55. The minimum atomic E-state index is 0.239. The molecule has 0 spiro atoms. The molecule has 0 atom stereocenters. The van der Waals surface area contributed by atoms with Crippen molar-refractivity contribution in [1.29, 1.82) is 0 Å². The second-order valence-electron chi connectivity index (χ2n) is 6.12. The highest BCUT2D eigenvalue weighted by Crippen LogP contribution is 2.32. The predicted octanol–water partition coefficient (Wildman–Crippen LogP) is 3.15. The quantitative estimate of drug-likeness (QED) is 0.636. The van der Waals surface area contributed by atoms with Crippen LogP contribution in [0, 0.1) is 0 Å². The van der Waals surface area contributed by atoms with Crippen LogP contribution in [0.3, 0.4) is 0 Å². The molecule has 0 aromatic rings. The number of rotatable bonds is 1. The number of hydrogen-bond donors (Lipinski definition) is 0. The van der Waals surface area contributed by atoms with Crippen molar-refractivity contribution in [3.05, 3.63) is 0 Å². The van der Waals surface area contributed by atoms with Crippen molar-refractivity contribution in [3.63, 3.8) is 0 Å². The number of ketones is 1. The zero-order valence-corrected chi connectivity index (χ0v) is 10.8. The van der Waals surface area contributed by atoms with Crippen LogP contribution in [0.2, 0.25) is 0 Å². The van der Waals surface area contributed by atoms with E-state index in [4.69, 9.17) is 0 Å². The summed E-state index contributed by atoms with van der Waals surface area (Å²) in [6.07, 6.45) is 9.92. The molecule has 0 N–H and O–H groups in total. The van der Waals surface area contributed by atoms with E-state index in [1.54, 1.807) is 0 Å². The Balaban J connectivity index is 2.06. The zero-order valence-electron chi connectivity index (χ0n) is 10.8. The van der Waals surface area contributed by atoms with E-state index >= 15 is 0 Å². The van der Waals surface area contributed by atoms with Crippen LogP contribution < -0.4 is 0 Å². The highest BCUT2D eigenvalue weighted by Gasteiger charge is 2.37. The molecule has 2 fully saturated rings. The summed E-state index contributed by atoms with van der Waals surface area (Å²) in [5, 5.41) is 0. The number of carbonyl (C=O) groups is 1. The van der Waals surface area contributed by atoms with E-state index in [2.05, 4.69) is 18.7 Å². The van der Waals surface area contributed by atoms with Gasteiger partial charge in [0.05, 0.1) is 6.54 Å². The third-order valence-electron chi connectivity index (χ3n) is 4.41. The van der Waals surface area contributed by atoms with Gasteiger partial charge in [-0.05, 0) is 33.1 Å². The second-order valence-corrected chi connectivity index (χ2v) is 6.12. The van der Waals surface area contributed by atoms with Crippen molar-refractivity contribution >= 4 is 5.78 Å². The summed E-state index contributed by atoms with van der Waals surface area (Å²) < 4.78 is 0. The van der Waals surface area contributed by atoms with Crippen molar-refractivity contribution in [1.82, 2.24) is 4.90 Å². The predicted molar refractivity (Wildman–Crippen MR) is 66.5 cm³/mol. The first-order valence-electron chi connectivity index (χ1n) is 6.88. The van der Waals surface area contributed by atoms with Gasteiger partial charge in [-0.15, -0.1) is 0 Å². The Morgan fingerprint density at radius 2 is 1.75 bits per heavy atom. The third-order valence-corrected chi connectivity index (χ3v) is 4.41. The van der Waals surface area contributed by atoms with Gasteiger partial charge in [-0.25, -0.2) is 0 Å². The van der Waals surface area contributed by atoms with Crippen LogP contribution in [0.5, 0.6) is 0 Å². The van der Waals surface area contributed by atoms with Crippen LogP contribution in [0.4, 0.5) is 0 Å². The maximum atomic E-state index is 11.6. The first-order chi connectivity index (χ1) is 7.59. The molecule has 2 rings (SSSR count). The molecule has 0 amide bonds. The van der Waals surface area contributed by atoms with E-state index < -0.39 is 0 Å². The molecule has 1 aliphatic carbocycles. The fourth-order valence-corrected chi connectivity index (χ4v) is 3.26. The molecule has 1 saturated carbocycles. The maximum absolute atomic E-state index is 11.6. The van der Waals surface area contributed by atoms with Gasteiger partial charge in [-0.1, -0.05) is 25.7 Å². The van der Waals surface area contributed by atoms with Crippen LogP contribution in [-0.2, 0) is 4.79 Å². The van der Waals surface area contributed by atoms with Crippen molar-refractivity contribution in [3.8, 4) is 0 Å². The fraction of sp³-hybridized carbons (Fsp3) is 0.929. The number of Topliss-reactive ketones (excluding diaryl/α,β-unsaturated/α-hetero) is 1. The molecule has 16 heavy (non-hydrogen) atoms. The second kappa shape index (κ2) is 4.87. The summed E-state index contributed by atoms with van der Waals surface area (Å²) >= 11 is 0. The smallest absolute Gasteiger partial charge is 0.146 e. The molecule has 1 heterocycles. The number of likely N-dealkylation sites (tertiary alicyclic amines) is 1. The third kappa shape index (κ3) is 2.65. The van der Waals surface area contributed by atoms with Gasteiger partial charge in [0.1, 0.15) is 5.78 Å². The van der Waals surface area contributed by atoms with Gasteiger partial charge in [-0.3, -0.25) is 9.69 Å². The molecule has 2 heteroatoms. The van der Waals surface area contributed by atoms with Gasteiger partial charge in [-0.2, -0.15) is 0 Å². The lowest BCUT2D eigenvalue weighted by molar-refractivity contribution is -0.127. The van der Waals surface area contributed by atoms with Gasteiger partial charge in [0, 0.05) is 18.0 Å². The van der Waals surface area contributed by atoms with Crippen molar-refractivity contribution in [2.24, 2.45) is 0 Å². The Morgan fingerprint density at radius 3 is 2.38 bits per heavy atom. The van der Waals surface area contributed by atoms with E-state index in [1.165, 1.54) is 38.5 Å². The average Bonchev–Trinajstić information content (AvgIpc) is 2.50. The maximum Gasteiger partial charge on any atom is 0.146 e. The highest BCUT2D eigenvalue weighted by atomic mass is 16.1. The number of carbonyl (C=O) groups excluding carboxylic acids is 1. The van der Waals surface area contributed by atoms with Gasteiger partial charge in [0.15, 0.2) is 0 Å². The first kappa shape index (κ1) is 12.1. The number of piperidine rings is 1. The summed E-state index contributed by atoms with van der Waals surface area (Å²) in [7, 11) is 0. The summed E-state index contributed by atoms with van der Waals surface area (Å²) in [6.45, 7) is 5.33. The van der Waals surface area contributed by atoms with Gasteiger partial charge >= 0.3 is 0 Å².